The highest BCUT2D eigenvalue weighted by atomic mass is 16.3. The third kappa shape index (κ3) is 3.06. The number of hydrogen-bond acceptors (Lipinski definition) is 3. The molecule has 0 fully saturated rings. The number of phenols is 1. The molecular weight excluding hydrogens is 190 g/mol. The fourth-order valence-corrected chi connectivity index (χ4v) is 1.20. The van der Waals surface area contributed by atoms with Gasteiger partial charge in [0.15, 0.2) is 0 Å². The van der Waals surface area contributed by atoms with E-state index < -0.39 is 5.41 Å². The van der Waals surface area contributed by atoms with E-state index in [0.717, 1.165) is 5.56 Å². The fourth-order valence-electron chi connectivity index (χ4n) is 1.20. The van der Waals surface area contributed by atoms with Gasteiger partial charge in [-0.15, -0.1) is 0 Å². The minimum absolute atomic E-state index is 0.0931. The Morgan fingerprint density at radius 3 is 2.67 bits per heavy atom. The molecule has 82 valence electrons. The molecule has 0 spiro atoms. The minimum atomic E-state index is -0.495. The zero-order chi connectivity index (χ0) is 11.5. The van der Waals surface area contributed by atoms with Gasteiger partial charge in [0.2, 0.25) is 0 Å². The van der Waals surface area contributed by atoms with Crippen LogP contribution in [0.1, 0.15) is 19.4 Å². The summed E-state index contributed by atoms with van der Waals surface area (Å²) >= 11 is 0. The Labute approximate surface area is 89.9 Å². The van der Waals surface area contributed by atoms with Gasteiger partial charge in [0, 0.05) is 18.4 Å². The van der Waals surface area contributed by atoms with E-state index in [1.807, 2.05) is 19.9 Å². The first kappa shape index (κ1) is 11.7. The molecule has 0 radical (unpaired) electrons. The van der Waals surface area contributed by atoms with Gasteiger partial charge in [-0.2, -0.15) is 0 Å². The number of Topliss-reactive ketones (excluding diaryl/α,β-unsaturated/α-hetero) is 1. The lowest BCUT2D eigenvalue weighted by Crippen LogP contribution is -2.33. The highest BCUT2D eigenvalue weighted by molar-refractivity contribution is 5.86. The Balaban J connectivity index is 2.75. The summed E-state index contributed by atoms with van der Waals surface area (Å²) in [5.74, 6) is 0.279. The van der Waals surface area contributed by atoms with Gasteiger partial charge in [0.1, 0.15) is 11.5 Å². The van der Waals surface area contributed by atoms with Crippen LogP contribution < -0.4 is 5.73 Å². The summed E-state index contributed by atoms with van der Waals surface area (Å²) in [5.41, 5.74) is 5.85. The van der Waals surface area contributed by atoms with Gasteiger partial charge >= 0.3 is 0 Å². The number of carbonyl (C=O) groups is 1. The van der Waals surface area contributed by atoms with Crippen LogP contribution in [0.15, 0.2) is 24.3 Å². The van der Waals surface area contributed by atoms with Crippen LogP contribution in [0.4, 0.5) is 0 Å². The molecule has 0 amide bonds. The number of rotatable bonds is 4. The van der Waals surface area contributed by atoms with Crippen LogP contribution in [0.5, 0.6) is 5.75 Å². The molecule has 1 aromatic rings. The predicted molar refractivity (Wildman–Crippen MR) is 59.7 cm³/mol. The molecule has 0 unspecified atom stereocenters. The summed E-state index contributed by atoms with van der Waals surface area (Å²) in [6.07, 6.45) is 0.318. The molecule has 0 atom stereocenters. The van der Waals surface area contributed by atoms with Crippen LogP contribution in [0.3, 0.4) is 0 Å². The summed E-state index contributed by atoms with van der Waals surface area (Å²) in [6, 6.07) is 6.74. The molecule has 15 heavy (non-hydrogen) atoms. The maximum Gasteiger partial charge on any atom is 0.144 e. The van der Waals surface area contributed by atoms with Crippen LogP contribution in [-0.4, -0.2) is 17.4 Å². The average molecular weight is 207 g/mol. The number of aromatic hydroxyl groups is 1. The summed E-state index contributed by atoms with van der Waals surface area (Å²) in [6.45, 7) is 4.00. The molecule has 0 saturated carbocycles. The van der Waals surface area contributed by atoms with Crippen molar-refractivity contribution in [3.63, 3.8) is 0 Å². The molecule has 0 aliphatic heterocycles. The largest absolute Gasteiger partial charge is 0.508 e. The van der Waals surface area contributed by atoms with Crippen molar-refractivity contribution in [1.29, 1.82) is 0 Å². The Bertz CT molecular complexity index is 358. The van der Waals surface area contributed by atoms with Gasteiger partial charge in [0.25, 0.3) is 0 Å². The molecule has 0 heterocycles. The van der Waals surface area contributed by atoms with E-state index >= 15 is 0 Å². The van der Waals surface area contributed by atoms with E-state index in [4.69, 9.17) is 5.73 Å². The molecule has 1 aromatic carbocycles. The van der Waals surface area contributed by atoms with E-state index in [2.05, 4.69) is 0 Å². The first-order chi connectivity index (χ1) is 6.95. The lowest BCUT2D eigenvalue weighted by atomic mass is 9.85. The minimum Gasteiger partial charge on any atom is -0.508 e. The van der Waals surface area contributed by atoms with Crippen molar-refractivity contribution in [3.8, 4) is 5.75 Å². The van der Waals surface area contributed by atoms with Gasteiger partial charge < -0.3 is 10.8 Å². The normalized spacial score (nSPS) is 11.4. The van der Waals surface area contributed by atoms with Crippen LogP contribution in [-0.2, 0) is 11.2 Å². The van der Waals surface area contributed by atoms with Crippen LogP contribution in [0, 0.1) is 5.41 Å². The van der Waals surface area contributed by atoms with Gasteiger partial charge in [-0.1, -0.05) is 26.0 Å². The lowest BCUT2D eigenvalue weighted by Gasteiger charge is -2.20. The maximum absolute atomic E-state index is 11.8. The first-order valence-electron chi connectivity index (χ1n) is 4.97. The smallest absolute Gasteiger partial charge is 0.144 e. The predicted octanol–water partition coefficient (Wildman–Crippen LogP) is 1.49. The number of benzene rings is 1. The molecule has 1 rings (SSSR count). The van der Waals surface area contributed by atoms with E-state index in [9.17, 15) is 9.90 Å². The number of hydrogen-bond donors (Lipinski definition) is 2. The topological polar surface area (TPSA) is 63.3 Å². The second-order valence-electron chi connectivity index (χ2n) is 4.36. The monoisotopic (exact) mass is 207 g/mol. The van der Waals surface area contributed by atoms with E-state index in [1.165, 1.54) is 0 Å². The lowest BCUT2D eigenvalue weighted by molar-refractivity contribution is -0.125. The SMILES string of the molecule is CC(C)(CN)C(=O)Cc1cccc(O)c1. The van der Waals surface area contributed by atoms with Crippen LogP contribution in [0.2, 0.25) is 0 Å². The second-order valence-corrected chi connectivity index (χ2v) is 4.36. The highest BCUT2D eigenvalue weighted by Gasteiger charge is 2.25. The summed E-state index contributed by atoms with van der Waals surface area (Å²) in [4.78, 5) is 11.8. The average Bonchev–Trinajstić information content (AvgIpc) is 2.17. The van der Waals surface area contributed by atoms with Crippen molar-refractivity contribution in [1.82, 2.24) is 0 Å². The first-order valence-corrected chi connectivity index (χ1v) is 4.97. The Morgan fingerprint density at radius 1 is 1.47 bits per heavy atom. The molecule has 0 bridgehead atoms. The second kappa shape index (κ2) is 4.45. The number of ketones is 1. The molecule has 3 heteroatoms. The Hall–Kier alpha value is -1.35. The maximum atomic E-state index is 11.8. The molecule has 3 N–H and O–H groups in total. The molecule has 0 aliphatic rings. The molecular formula is C12H17NO2. The van der Waals surface area contributed by atoms with Crippen LogP contribution >= 0.6 is 0 Å². The molecule has 3 nitrogen and oxygen atoms in total. The van der Waals surface area contributed by atoms with E-state index in [0.29, 0.717) is 13.0 Å². The zero-order valence-corrected chi connectivity index (χ0v) is 9.16. The summed E-state index contributed by atoms with van der Waals surface area (Å²) < 4.78 is 0. The molecule has 0 saturated heterocycles. The van der Waals surface area contributed by atoms with Crippen molar-refractivity contribution in [2.75, 3.05) is 6.54 Å². The fraction of sp³-hybridized carbons (Fsp3) is 0.417. The molecule has 0 aliphatic carbocycles. The van der Waals surface area contributed by atoms with Gasteiger partial charge in [0.05, 0.1) is 0 Å². The zero-order valence-electron chi connectivity index (χ0n) is 9.16. The van der Waals surface area contributed by atoms with Crippen molar-refractivity contribution in [2.24, 2.45) is 11.1 Å². The quantitative estimate of drug-likeness (QED) is 0.786. The van der Waals surface area contributed by atoms with E-state index in [1.54, 1.807) is 18.2 Å². The summed E-state index contributed by atoms with van der Waals surface area (Å²) in [7, 11) is 0. The number of carbonyl (C=O) groups excluding carboxylic acids is 1. The van der Waals surface area contributed by atoms with Crippen molar-refractivity contribution >= 4 is 5.78 Å². The Kier molecular flexibility index (Phi) is 3.48. The molecule has 0 aromatic heterocycles. The third-order valence-corrected chi connectivity index (χ3v) is 2.54. The van der Waals surface area contributed by atoms with Crippen molar-refractivity contribution in [3.05, 3.63) is 29.8 Å². The van der Waals surface area contributed by atoms with Crippen molar-refractivity contribution < 1.29 is 9.90 Å². The third-order valence-electron chi connectivity index (χ3n) is 2.54. The Morgan fingerprint density at radius 2 is 2.13 bits per heavy atom. The highest BCUT2D eigenvalue weighted by Crippen LogP contribution is 2.19. The standard InChI is InChI=1S/C12H17NO2/c1-12(2,8-13)11(15)7-9-4-3-5-10(14)6-9/h3-6,14H,7-8,13H2,1-2H3. The summed E-state index contributed by atoms with van der Waals surface area (Å²) in [5, 5.41) is 9.25. The number of phenolic OH excluding ortho intramolecular Hbond substituents is 1. The number of nitrogens with two attached hydrogens (primary N) is 1. The van der Waals surface area contributed by atoms with Gasteiger partial charge in [-0.3, -0.25) is 4.79 Å². The van der Waals surface area contributed by atoms with Crippen LogP contribution in [0.25, 0.3) is 0 Å². The van der Waals surface area contributed by atoms with Gasteiger partial charge in [-0.05, 0) is 17.7 Å². The van der Waals surface area contributed by atoms with Gasteiger partial charge in [-0.25, -0.2) is 0 Å². The van der Waals surface area contributed by atoms with Crippen molar-refractivity contribution in [2.45, 2.75) is 20.3 Å². The van der Waals surface area contributed by atoms with E-state index in [-0.39, 0.29) is 11.5 Å².